The third-order valence-corrected chi connectivity index (χ3v) is 4.24. The zero-order valence-electron chi connectivity index (χ0n) is 9.96. The Kier molecular flexibility index (Phi) is 5.01. The van der Waals surface area contributed by atoms with Crippen molar-refractivity contribution in [2.24, 2.45) is 0 Å². The molecule has 0 bridgehead atoms. The minimum Gasteiger partial charge on any atom is -0.352 e. The largest absolute Gasteiger partial charge is 0.352 e. The molecule has 1 N–H and O–H groups in total. The van der Waals surface area contributed by atoms with Crippen LogP contribution in [0.5, 0.6) is 0 Å². The van der Waals surface area contributed by atoms with Gasteiger partial charge in [0.1, 0.15) is 4.90 Å². The number of hydrogen-bond donors (Lipinski definition) is 1. The molecule has 18 heavy (non-hydrogen) atoms. The summed E-state index contributed by atoms with van der Waals surface area (Å²) in [5.74, 6) is -0.349. The van der Waals surface area contributed by atoms with E-state index < -0.39 is 9.05 Å². The lowest BCUT2D eigenvalue weighted by Gasteiger charge is -2.08. The van der Waals surface area contributed by atoms with E-state index in [-0.39, 0.29) is 21.4 Å². The number of rotatable bonds is 4. The van der Waals surface area contributed by atoms with Gasteiger partial charge in [0.15, 0.2) is 0 Å². The van der Waals surface area contributed by atoms with Gasteiger partial charge in [-0.3, -0.25) is 4.79 Å². The quantitative estimate of drug-likeness (QED) is 0.870. The lowest BCUT2D eigenvalue weighted by Crippen LogP contribution is -2.24. The van der Waals surface area contributed by atoms with E-state index in [2.05, 4.69) is 5.32 Å². The molecule has 100 valence electrons. The first-order valence-electron chi connectivity index (χ1n) is 5.30. The number of carbonyl (C=O) groups is 1. The van der Waals surface area contributed by atoms with Crippen LogP contribution in [0.4, 0.5) is 0 Å². The Labute approximate surface area is 116 Å². The van der Waals surface area contributed by atoms with Crippen molar-refractivity contribution < 1.29 is 13.2 Å². The van der Waals surface area contributed by atoms with Crippen molar-refractivity contribution >= 4 is 37.2 Å². The molecule has 0 fully saturated rings. The van der Waals surface area contributed by atoms with Gasteiger partial charge < -0.3 is 5.32 Å². The SMILES string of the molecule is CCCNC(=O)c1cc(C)c(Cl)c(S(=O)(=O)Cl)c1. The average molecular weight is 310 g/mol. The maximum absolute atomic E-state index is 11.8. The first-order chi connectivity index (χ1) is 8.27. The first kappa shape index (κ1) is 15.3. The van der Waals surface area contributed by atoms with E-state index in [1.54, 1.807) is 6.92 Å². The Morgan fingerprint density at radius 2 is 2.00 bits per heavy atom. The Hall–Kier alpha value is -0.780. The van der Waals surface area contributed by atoms with Crippen molar-refractivity contribution in [1.82, 2.24) is 5.32 Å². The second-order valence-electron chi connectivity index (χ2n) is 3.80. The normalized spacial score (nSPS) is 11.3. The van der Waals surface area contributed by atoms with E-state index in [0.717, 1.165) is 6.42 Å². The fourth-order valence-corrected chi connectivity index (χ4v) is 2.93. The van der Waals surface area contributed by atoms with E-state index >= 15 is 0 Å². The van der Waals surface area contributed by atoms with E-state index in [9.17, 15) is 13.2 Å². The van der Waals surface area contributed by atoms with Crippen LogP contribution in [0.1, 0.15) is 29.3 Å². The highest BCUT2D eigenvalue weighted by Gasteiger charge is 2.19. The summed E-state index contributed by atoms with van der Waals surface area (Å²) in [6.07, 6.45) is 0.791. The molecule has 0 unspecified atom stereocenters. The van der Waals surface area contributed by atoms with Crippen LogP contribution >= 0.6 is 22.3 Å². The molecule has 0 spiro atoms. The topological polar surface area (TPSA) is 63.2 Å². The summed E-state index contributed by atoms with van der Waals surface area (Å²) in [7, 11) is 1.30. The predicted molar refractivity (Wildman–Crippen MR) is 71.9 cm³/mol. The lowest BCUT2D eigenvalue weighted by molar-refractivity contribution is 0.0953. The van der Waals surface area contributed by atoms with E-state index in [1.165, 1.54) is 12.1 Å². The molecule has 1 aromatic carbocycles. The minimum atomic E-state index is -3.97. The monoisotopic (exact) mass is 309 g/mol. The van der Waals surface area contributed by atoms with E-state index in [4.69, 9.17) is 22.3 Å². The van der Waals surface area contributed by atoms with E-state index in [0.29, 0.717) is 12.1 Å². The van der Waals surface area contributed by atoms with Crippen LogP contribution < -0.4 is 5.32 Å². The predicted octanol–water partition coefficient (Wildman–Crippen LogP) is 2.72. The number of nitrogens with one attached hydrogen (secondary N) is 1. The van der Waals surface area contributed by atoms with Crippen molar-refractivity contribution in [2.75, 3.05) is 6.54 Å². The zero-order valence-corrected chi connectivity index (χ0v) is 12.3. The minimum absolute atomic E-state index is 0.0389. The van der Waals surface area contributed by atoms with Gasteiger partial charge >= 0.3 is 0 Å². The molecule has 0 saturated carbocycles. The summed E-state index contributed by atoms with van der Waals surface area (Å²) in [6, 6.07) is 2.71. The Morgan fingerprint density at radius 3 is 2.50 bits per heavy atom. The molecule has 0 aliphatic heterocycles. The first-order valence-corrected chi connectivity index (χ1v) is 7.99. The molecule has 4 nitrogen and oxygen atoms in total. The molecule has 1 aromatic rings. The number of aryl methyl sites for hydroxylation is 1. The van der Waals surface area contributed by atoms with Gasteiger partial charge in [0.05, 0.1) is 5.02 Å². The number of carbonyl (C=O) groups excluding carboxylic acids is 1. The van der Waals surface area contributed by atoms with Crippen molar-refractivity contribution in [3.63, 3.8) is 0 Å². The Bertz CT molecular complexity index is 570. The molecule has 0 atom stereocenters. The molecule has 0 heterocycles. The summed E-state index contributed by atoms with van der Waals surface area (Å²) in [6.45, 7) is 4.05. The van der Waals surface area contributed by atoms with Gasteiger partial charge in [-0.1, -0.05) is 18.5 Å². The maximum atomic E-state index is 11.8. The number of amides is 1. The molecule has 7 heteroatoms. The molecule has 0 aromatic heterocycles. The van der Waals surface area contributed by atoms with Gasteiger partial charge in [-0.15, -0.1) is 0 Å². The van der Waals surface area contributed by atoms with Gasteiger partial charge in [0.25, 0.3) is 15.0 Å². The van der Waals surface area contributed by atoms with E-state index in [1.807, 2.05) is 6.92 Å². The van der Waals surface area contributed by atoms with Crippen molar-refractivity contribution in [1.29, 1.82) is 0 Å². The van der Waals surface area contributed by atoms with Crippen molar-refractivity contribution in [2.45, 2.75) is 25.2 Å². The molecule has 0 aliphatic rings. The molecule has 1 rings (SSSR count). The molecular formula is C11H13Cl2NO3S. The summed E-state index contributed by atoms with van der Waals surface area (Å²) < 4.78 is 22.7. The molecule has 0 radical (unpaired) electrons. The van der Waals surface area contributed by atoms with Gasteiger partial charge in [0.2, 0.25) is 0 Å². The highest BCUT2D eigenvalue weighted by molar-refractivity contribution is 8.13. The third kappa shape index (κ3) is 3.60. The van der Waals surface area contributed by atoms with Crippen molar-refractivity contribution in [3.8, 4) is 0 Å². The molecule has 0 saturated heterocycles. The fraction of sp³-hybridized carbons (Fsp3) is 0.364. The van der Waals surface area contributed by atoms with Crippen molar-refractivity contribution in [3.05, 3.63) is 28.3 Å². The van der Waals surface area contributed by atoms with Gasteiger partial charge in [-0.25, -0.2) is 8.42 Å². The lowest BCUT2D eigenvalue weighted by atomic mass is 10.1. The standard InChI is InChI=1S/C11H13Cl2NO3S/c1-3-4-14-11(15)8-5-7(2)10(12)9(6-8)18(13,16)17/h5-6H,3-4H2,1-2H3,(H,14,15). The molecule has 0 aliphatic carbocycles. The molecule has 1 amide bonds. The third-order valence-electron chi connectivity index (χ3n) is 2.28. The number of halogens is 2. The summed E-state index contributed by atoms with van der Waals surface area (Å²) in [5.41, 5.74) is 0.713. The van der Waals surface area contributed by atoms with Gasteiger partial charge in [0, 0.05) is 22.8 Å². The van der Waals surface area contributed by atoms with Gasteiger partial charge in [-0.2, -0.15) is 0 Å². The van der Waals surface area contributed by atoms with Gasteiger partial charge in [-0.05, 0) is 31.0 Å². The molecular weight excluding hydrogens is 297 g/mol. The second kappa shape index (κ2) is 5.91. The number of benzene rings is 1. The fourth-order valence-electron chi connectivity index (χ4n) is 1.39. The van der Waals surface area contributed by atoms with Crippen LogP contribution in [-0.2, 0) is 9.05 Å². The van der Waals surface area contributed by atoms with Crippen LogP contribution in [-0.4, -0.2) is 20.9 Å². The zero-order chi connectivity index (χ0) is 13.9. The number of hydrogen-bond acceptors (Lipinski definition) is 3. The van der Waals surface area contributed by atoms with Crippen LogP contribution in [0, 0.1) is 6.92 Å². The Balaban J connectivity index is 3.25. The smallest absolute Gasteiger partial charge is 0.262 e. The maximum Gasteiger partial charge on any atom is 0.262 e. The Morgan fingerprint density at radius 1 is 1.39 bits per heavy atom. The second-order valence-corrected chi connectivity index (χ2v) is 6.71. The van der Waals surface area contributed by atoms with Crippen LogP contribution in [0.15, 0.2) is 17.0 Å². The van der Waals surface area contributed by atoms with Crippen LogP contribution in [0.2, 0.25) is 5.02 Å². The summed E-state index contributed by atoms with van der Waals surface area (Å²) in [5, 5.41) is 2.69. The highest BCUT2D eigenvalue weighted by Crippen LogP contribution is 2.29. The summed E-state index contributed by atoms with van der Waals surface area (Å²) >= 11 is 5.86. The van der Waals surface area contributed by atoms with Crippen LogP contribution in [0.25, 0.3) is 0 Å². The highest BCUT2D eigenvalue weighted by atomic mass is 35.7. The summed E-state index contributed by atoms with van der Waals surface area (Å²) in [4.78, 5) is 11.5. The van der Waals surface area contributed by atoms with Crippen LogP contribution in [0.3, 0.4) is 0 Å². The average Bonchev–Trinajstić information content (AvgIpc) is 2.27.